The molecule has 0 radical (unpaired) electrons. The van der Waals surface area contributed by atoms with Gasteiger partial charge in [0.05, 0.1) is 6.10 Å². The van der Waals surface area contributed by atoms with Crippen LogP contribution in [0.1, 0.15) is 24.0 Å². The largest absolute Gasteiger partial charge is 0.491 e. The van der Waals surface area contributed by atoms with Crippen molar-refractivity contribution in [1.29, 1.82) is 0 Å². The first kappa shape index (κ1) is 18.9. The van der Waals surface area contributed by atoms with Crippen molar-refractivity contribution in [3.05, 3.63) is 72.1 Å². The van der Waals surface area contributed by atoms with E-state index in [1.807, 2.05) is 54.7 Å². The van der Waals surface area contributed by atoms with Gasteiger partial charge in [-0.25, -0.2) is 0 Å². The van der Waals surface area contributed by atoms with E-state index >= 15 is 0 Å². The molecule has 5 heteroatoms. The van der Waals surface area contributed by atoms with E-state index in [4.69, 9.17) is 9.84 Å². The Kier molecular flexibility index (Phi) is 6.39. The van der Waals surface area contributed by atoms with Crippen molar-refractivity contribution in [2.24, 2.45) is 0 Å². The van der Waals surface area contributed by atoms with Crippen LogP contribution >= 0.6 is 0 Å². The molecule has 0 amide bonds. The number of hydrogen-bond acceptors (Lipinski definition) is 4. The van der Waals surface area contributed by atoms with Gasteiger partial charge in [-0.05, 0) is 59.4 Å². The highest BCUT2D eigenvalue weighted by Gasteiger charge is 2.07. The molecule has 27 heavy (non-hydrogen) atoms. The van der Waals surface area contributed by atoms with Crippen molar-refractivity contribution in [2.75, 3.05) is 6.61 Å². The second kappa shape index (κ2) is 9.14. The number of ether oxygens (including phenoxy) is 1. The summed E-state index contributed by atoms with van der Waals surface area (Å²) in [6.45, 7) is 0.239. The molecule has 0 saturated carbocycles. The molecule has 0 saturated heterocycles. The smallest absolute Gasteiger partial charge is 0.303 e. The van der Waals surface area contributed by atoms with Crippen LogP contribution in [0.2, 0.25) is 0 Å². The molecule has 0 aliphatic carbocycles. The molecule has 0 fully saturated rings. The van der Waals surface area contributed by atoms with Gasteiger partial charge in [0.25, 0.3) is 0 Å². The van der Waals surface area contributed by atoms with Gasteiger partial charge in [0.2, 0.25) is 0 Å². The quantitative estimate of drug-likeness (QED) is 0.605. The average Bonchev–Trinajstić information content (AvgIpc) is 2.69. The molecule has 1 aromatic heterocycles. The molecule has 5 nitrogen and oxygen atoms in total. The molecule has 140 valence electrons. The lowest BCUT2D eigenvalue weighted by molar-refractivity contribution is -0.136. The number of nitrogens with zero attached hydrogens (tertiary/aromatic N) is 1. The number of carboxylic acids is 1. The summed E-state index contributed by atoms with van der Waals surface area (Å²) in [5, 5.41) is 21.0. The first-order valence-corrected chi connectivity index (χ1v) is 9.04. The highest BCUT2D eigenvalue weighted by molar-refractivity contribution is 5.84. The van der Waals surface area contributed by atoms with E-state index in [-0.39, 0.29) is 13.0 Å². The number of fused-ring (bicyclic) bond motifs is 1. The molecule has 0 spiro atoms. The first-order chi connectivity index (χ1) is 13.1. The standard InChI is InChI=1S/C22H23NO4/c24-20(8-4-17-2-1-11-23-14-17)15-27-21-9-7-18-12-16(5-10-22(25)26)3-6-19(18)13-21/h1-3,6-7,9,11-14,20,24H,4-5,8,10,15H2,(H,25,26). The third-order valence-corrected chi connectivity index (χ3v) is 4.44. The van der Waals surface area contributed by atoms with Gasteiger partial charge in [0, 0.05) is 18.8 Å². The second-order valence-corrected chi connectivity index (χ2v) is 6.60. The number of pyridine rings is 1. The van der Waals surface area contributed by atoms with Crippen molar-refractivity contribution in [3.8, 4) is 5.75 Å². The summed E-state index contributed by atoms with van der Waals surface area (Å²) in [5.41, 5.74) is 2.10. The van der Waals surface area contributed by atoms with E-state index in [0.29, 0.717) is 18.6 Å². The van der Waals surface area contributed by atoms with Gasteiger partial charge in [-0.2, -0.15) is 0 Å². The lowest BCUT2D eigenvalue weighted by atomic mass is 10.0. The van der Waals surface area contributed by atoms with Crippen LogP contribution in [0.25, 0.3) is 10.8 Å². The minimum absolute atomic E-state index is 0.129. The topological polar surface area (TPSA) is 79.7 Å². The number of rotatable bonds is 9. The number of aryl methyl sites for hydroxylation is 2. The van der Waals surface area contributed by atoms with E-state index < -0.39 is 12.1 Å². The van der Waals surface area contributed by atoms with Crippen LogP contribution in [0.15, 0.2) is 60.9 Å². The van der Waals surface area contributed by atoms with E-state index in [1.54, 1.807) is 6.20 Å². The number of aliphatic hydroxyl groups excluding tert-OH is 1. The lowest BCUT2D eigenvalue weighted by Gasteiger charge is -2.13. The van der Waals surface area contributed by atoms with Crippen molar-refractivity contribution in [1.82, 2.24) is 4.98 Å². The zero-order valence-corrected chi connectivity index (χ0v) is 15.0. The molecule has 1 heterocycles. The van der Waals surface area contributed by atoms with E-state index in [1.165, 1.54) is 0 Å². The van der Waals surface area contributed by atoms with E-state index in [9.17, 15) is 9.90 Å². The fraction of sp³-hybridized carbons (Fsp3) is 0.273. The van der Waals surface area contributed by atoms with Crippen LogP contribution in [0, 0.1) is 0 Å². The van der Waals surface area contributed by atoms with Gasteiger partial charge in [-0.15, -0.1) is 0 Å². The second-order valence-electron chi connectivity index (χ2n) is 6.60. The van der Waals surface area contributed by atoms with Crippen LogP contribution in [0.5, 0.6) is 5.75 Å². The first-order valence-electron chi connectivity index (χ1n) is 9.04. The molecular formula is C22H23NO4. The van der Waals surface area contributed by atoms with Gasteiger partial charge in [-0.3, -0.25) is 9.78 Å². The van der Waals surface area contributed by atoms with Gasteiger partial charge in [0.1, 0.15) is 12.4 Å². The van der Waals surface area contributed by atoms with Crippen LogP contribution in [-0.4, -0.2) is 33.9 Å². The Morgan fingerprint density at radius 2 is 1.85 bits per heavy atom. The minimum Gasteiger partial charge on any atom is -0.491 e. The summed E-state index contributed by atoms with van der Waals surface area (Å²) in [4.78, 5) is 14.8. The molecule has 2 aromatic carbocycles. The maximum atomic E-state index is 10.7. The average molecular weight is 365 g/mol. The van der Waals surface area contributed by atoms with Gasteiger partial charge >= 0.3 is 5.97 Å². The Balaban J connectivity index is 1.54. The zero-order chi connectivity index (χ0) is 19.1. The zero-order valence-electron chi connectivity index (χ0n) is 15.0. The third-order valence-electron chi connectivity index (χ3n) is 4.44. The third kappa shape index (κ3) is 5.79. The number of aromatic nitrogens is 1. The number of carbonyl (C=O) groups is 1. The van der Waals surface area contributed by atoms with Gasteiger partial charge in [0.15, 0.2) is 0 Å². The SMILES string of the molecule is O=C(O)CCc1ccc2cc(OCC(O)CCc3cccnc3)ccc2c1. The van der Waals surface area contributed by atoms with Crippen LogP contribution in [0.3, 0.4) is 0 Å². The Hall–Kier alpha value is -2.92. The molecule has 0 bridgehead atoms. The predicted molar refractivity (Wildman–Crippen MR) is 104 cm³/mol. The Bertz CT molecular complexity index is 895. The van der Waals surface area contributed by atoms with Crippen molar-refractivity contribution < 1.29 is 19.7 Å². The number of benzene rings is 2. The molecule has 3 aromatic rings. The molecule has 3 rings (SSSR count). The number of hydrogen-bond donors (Lipinski definition) is 2. The van der Waals surface area contributed by atoms with Crippen LogP contribution < -0.4 is 4.74 Å². The van der Waals surface area contributed by atoms with Crippen LogP contribution in [-0.2, 0) is 17.6 Å². The van der Waals surface area contributed by atoms with Crippen molar-refractivity contribution in [2.45, 2.75) is 31.8 Å². The molecule has 1 unspecified atom stereocenters. The predicted octanol–water partition coefficient (Wildman–Crippen LogP) is 3.62. The number of aliphatic hydroxyl groups is 1. The highest BCUT2D eigenvalue weighted by Crippen LogP contribution is 2.23. The van der Waals surface area contributed by atoms with E-state index in [0.717, 1.165) is 28.3 Å². The summed E-state index contributed by atoms with van der Waals surface area (Å²) in [6.07, 6.45) is 5.02. The normalized spacial score (nSPS) is 12.0. The van der Waals surface area contributed by atoms with Crippen molar-refractivity contribution in [3.63, 3.8) is 0 Å². The van der Waals surface area contributed by atoms with Gasteiger partial charge < -0.3 is 14.9 Å². The van der Waals surface area contributed by atoms with Gasteiger partial charge in [-0.1, -0.05) is 30.3 Å². The molecule has 2 N–H and O–H groups in total. The summed E-state index contributed by atoms with van der Waals surface area (Å²) >= 11 is 0. The number of carboxylic acid groups (broad SMARTS) is 1. The molecular weight excluding hydrogens is 342 g/mol. The highest BCUT2D eigenvalue weighted by atomic mass is 16.5. The number of aliphatic carboxylic acids is 1. The lowest BCUT2D eigenvalue weighted by Crippen LogP contribution is -2.18. The maximum absolute atomic E-state index is 10.7. The fourth-order valence-corrected chi connectivity index (χ4v) is 2.92. The van der Waals surface area contributed by atoms with E-state index in [2.05, 4.69) is 4.98 Å². The fourth-order valence-electron chi connectivity index (χ4n) is 2.92. The van der Waals surface area contributed by atoms with Crippen LogP contribution in [0.4, 0.5) is 0 Å². The summed E-state index contributed by atoms with van der Waals surface area (Å²) in [6, 6.07) is 15.6. The molecule has 1 atom stereocenters. The minimum atomic E-state index is -0.791. The summed E-state index contributed by atoms with van der Waals surface area (Å²) < 4.78 is 5.73. The summed E-state index contributed by atoms with van der Waals surface area (Å²) in [7, 11) is 0. The van der Waals surface area contributed by atoms with Crippen molar-refractivity contribution >= 4 is 16.7 Å². The Morgan fingerprint density at radius 1 is 1.04 bits per heavy atom. The Labute approximate surface area is 158 Å². The summed E-state index contributed by atoms with van der Waals surface area (Å²) in [5.74, 6) is -0.0813. The molecule has 0 aliphatic heterocycles. The Morgan fingerprint density at radius 3 is 2.63 bits per heavy atom. The maximum Gasteiger partial charge on any atom is 0.303 e. The monoisotopic (exact) mass is 365 g/mol. The molecule has 0 aliphatic rings.